The van der Waals surface area contributed by atoms with Crippen LogP contribution in [0.5, 0.6) is 0 Å². The van der Waals surface area contributed by atoms with Crippen LogP contribution in [0.3, 0.4) is 0 Å². The molecule has 4 nitrogen and oxygen atoms in total. The molecule has 1 unspecified atom stereocenters. The van der Waals surface area contributed by atoms with Gasteiger partial charge in [0.15, 0.2) is 0 Å². The second-order valence-corrected chi connectivity index (χ2v) is 5.53. The van der Waals surface area contributed by atoms with E-state index in [4.69, 9.17) is 5.73 Å². The SMILES string of the molecule is CCN(C(=O)[C@H](N)Cc1ccccc1)C(C)CN(C)C. The Morgan fingerprint density at radius 2 is 1.85 bits per heavy atom. The fourth-order valence-corrected chi connectivity index (χ4v) is 2.48. The predicted molar refractivity (Wildman–Crippen MR) is 83.5 cm³/mol. The lowest BCUT2D eigenvalue weighted by molar-refractivity contribution is -0.134. The van der Waals surface area contributed by atoms with Crippen molar-refractivity contribution in [3.8, 4) is 0 Å². The van der Waals surface area contributed by atoms with Crippen molar-refractivity contribution in [3.05, 3.63) is 35.9 Å². The number of rotatable bonds is 7. The van der Waals surface area contributed by atoms with E-state index in [1.54, 1.807) is 0 Å². The zero-order chi connectivity index (χ0) is 15.1. The van der Waals surface area contributed by atoms with Gasteiger partial charge in [-0.25, -0.2) is 0 Å². The van der Waals surface area contributed by atoms with Gasteiger partial charge >= 0.3 is 0 Å². The molecule has 0 aromatic heterocycles. The summed E-state index contributed by atoms with van der Waals surface area (Å²) in [5.74, 6) is 0.0331. The van der Waals surface area contributed by atoms with Crippen molar-refractivity contribution < 1.29 is 4.79 Å². The molecule has 1 aromatic rings. The molecule has 4 heteroatoms. The van der Waals surface area contributed by atoms with Crippen molar-refractivity contribution in [3.63, 3.8) is 0 Å². The lowest BCUT2D eigenvalue weighted by atomic mass is 10.0. The summed E-state index contributed by atoms with van der Waals surface area (Å²) in [5, 5.41) is 0. The summed E-state index contributed by atoms with van der Waals surface area (Å²) in [6, 6.07) is 9.62. The van der Waals surface area contributed by atoms with Gasteiger partial charge < -0.3 is 15.5 Å². The molecule has 0 aliphatic carbocycles. The number of benzene rings is 1. The Morgan fingerprint density at radius 1 is 1.25 bits per heavy atom. The van der Waals surface area contributed by atoms with E-state index in [0.717, 1.165) is 12.1 Å². The third-order valence-corrected chi connectivity index (χ3v) is 3.40. The first-order valence-electron chi connectivity index (χ1n) is 7.20. The van der Waals surface area contributed by atoms with Gasteiger partial charge in [-0.05, 0) is 39.9 Å². The van der Waals surface area contributed by atoms with Crippen LogP contribution in [0.4, 0.5) is 0 Å². The zero-order valence-corrected chi connectivity index (χ0v) is 13.0. The van der Waals surface area contributed by atoms with Crippen LogP contribution >= 0.6 is 0 Å². The minimum Gasteiger partial charge on any atom is -0.338 e. The first kappa shape index (κ1) is 16.7. The lowest BCUT2D eigenvalue weighted by Crippen LogP contribution is -2.51. The molecule has 1 aromatic carbocycles. The van der Waals surface area contributed by atoms with Crippen molar-refractivity contribution in [2.24, 2.45) is 5.73 Å². The molecule has 0 saturated carbocycles. The molecule has 0 radical (unpaired) electrons. The maximum atomic E-state index is 12.5. The molecule has 2 atom stereocenters. The van der Waals surface area contributed by atoms with Gasteiger partial charge in [0, 0.05) is 19.1 Å². The average Bonchev–Trinajstić information content (AvgIpc) is 2.39. The number of nitrogens with zero attached hydrogens (tertiary/aromatic N) is 2. The summed E-state index contributed by atoms with van der Waals surface area (Å²) in [4.78, 5) is 16.4. The third-order valence-electron chi connectivity index (χ3n) is 3.40. The number of carbonyl (C=O) groups is 1. The number of amides is 1. The molecule has 1 amide bonds. The van der Waals surface area contributed by atoms with E-state index in [-0.39, 0.29) is 11.9 Å². The van der Waals surface area contributed by atoms with Crippen LogP contribution in [-0.2, 0) is 11.2 Å². The van der Waals surface area contributed by atoms with Crippen LogP contribution < -0.4 is 5.73 Å². The van der Waals surface area contributed by atoms with Crippen LogP contribution in [0.15, 0.2) is 30.3 Å². The molecule has 0 spiro atoms. The van der Waals surface area contributed by atoms with E-state index < -0.39 is 6.04 Å². The Balaban J connectivity index is 2.65. The van der Waals surface area contributed by atoms with Gasteiger partial charge in [0.25, 0.3) is 0 Å². The van der Waals surface area contributed by atoms with Crippen LogP contribution in [0.1, 0.15) is 19.4 Å². The van der Waals surface area contributed by atoms with E-state index >= 15 is 0 Å². The van der Waals surface area contributed by atoms with E-state index in [2.05, 4.69) is 11.8 Å². The van der Waals surface area contributed by atoms with Gasteiger partial charge in [-0.2, -0.15) is 0 Å². The first-order chi connectivity index (χ1) is 9.45. The molecule has 1 rings (SSSR count). The second-order valence-electron chi connectivity index (χ2n) is 5.53. The smallest absolute Gasteiger partial charge is 0.240 e. The molecular formula is C16H27N3O. The normalized spacial score (nSPS) is 14.1. The maximum absolute atomic E-state index is 12.5. The van der Waals surface area contributed by atoms with Crippen molar-refractivity contribution >= 4 is 5.91 Å². The van der Waals surface area contributed by atoms with Crippen LogP contribution in [0.25, 0.3) is 0 Å². The van der Waals surface area contributed by atoms with Crippen molar-refractivity contribution in [2.75, 3.05) is 27.2 Å². The Morgan fingerprint density at radius 3 is 2.35 bits per heavy atom. The summed E-state index contributed by atoms with van der Waals surface area (Å²) in [7, 11) is 4.03. The predicted octanol–water partition coefficient (Wildman–Crippen LogP) is 1.35. The van der Waals surface area contributed by atoms with Crippen molar-refractivity contribution in [1.82, 2.24) is 9.80 Å². The first-order valence-corrected chi connectivity index (χ1v) is 7.20. The maximum Gasteiger partial charge on any atom is 0.240 e. The number of carbonyl (C=O) groups excluding carboxylic acids is 1. The minimum atomic E-state index is -0.470. The lowest BCUT2D eigenvalue weighted by Gasteiger charge is -2.32. The molecule has 0 aliphatic rings. The van der Waals surface area contributed by atoms with Gasteiger partial charge in [0.2, 0.25) is 5.91 Å². The van der Waals surface area contributed by atoms with Gasteiger partial charge in [0.05, 0.1) is 6.04 Å². The summed E-state index contributed by atoms with van der Waals surface area (Å²) in [6.07, 6.45) is 0.588. The van der Waals surface area contributed by atoms with Crippen LogP contribution in [0.2, 0.25) is 0 Å². The molecular weight excluding hydrogens is 250 g/mol. The highest BCUT2D eigenvalue weighted by atomic mass is 16.2. The summed E-state index contributed by atoms with van der Waals surface area (Å²) in [5.41, 5.74) is 7.19. The number of hydrogen-bond acceptors (Lipinski definition) is 3. The van der Waals surface area contributed by atoms with Gasteiger partial charge in [-0.3, -0.25) is 4.79 Å². The van der Waals surface area contributed by atoms with E-state index in [0.29, 0.717) is 13.0 Å². The molecule has 20 heavy (non-hydrogen) atoms. The van der Waals surface area contributed by atoms with Crippen molar-refractivity contribution in [1.29, 1.82) is 0 Å². The minimum absolute atomic E-state index is 0.0331. The number of likely N-dealkylation sites (N-methyl/N-ethyl adjacent to an activating group) is 2. The van der Waals surface area contributed by atoms with E-state index in [9.17, 15) is 4.79 Å². The standard InChI is InChI=1S/C16H27N3O/c1-5-19(13(2)12-18(3)4)16(20)15(17)11-14-9-7-6-8-10-14/h6-10,13,15H,5,11-12,17H2,1-4H3/t13?,15-/m1/s1. The molecule has 112 valence electrons. The fraction of sp³-hybridized carbons (Fsp3) is 0.562. The summed E-state index contributed by atoms with van der Waals surface area (Å²) in [6.45, 7) is 5.60. The van der Waals surface area contributed by atoms with Crippen LogP contribution in [-0.4, -0.2) is 55.0 Å². The number of hydrogen-bond donors (Lipinski definition) is 1. The van der Waals surface area contributed by atoms with Gasteiger partial charge in [0.1, 0.15) is 0 Å². The Kier molecular flexibility index (Phi) is 6.68. The highest BCUT2D eigenvalue weighted by molar-refractivity contribution is 5.82. The molecule has 0 heterocycles. The monoisotopic (exact) mass is 277 g/mol. The third kappa shape index (κ3) is 4.94. The fourth-order valence-electron chi connectivity index (χ4n) is 2.48. The molecule has 0 bridgehead atoms. The average molecular weight is 277 g/mol. The van der Waals surface area contributed by atoms with Gasteiger partial charge in [-0.15, -0.1) is 0 Å². The Labute approximate surface area is 122 Å². The van der Waals surface area contributed by atoms with E-state index in [1.165, 1.54) is 0 Å². The molecule has 2 N–H and O–H groups in total. The zero-order valence-electron chi connectivity index (χ0n) is 13.0. The molecule has 0 saturated heterocycles. The highest BCUT2D eigenvalue weighted by Crippen LogP contribution is 2.07. The topological polar surface area (TPSA) is 49.6 Å². The highest BCUT2D eigenvalue weighted by Gasteiger charge is 2.24. The van der Waals surface area contributed by atoms with Crippen LogP contribution in [0, 0.1) is 0 Å². The van der Waals surface area contributed by atoms with Gasteiger partial charge in [-0.1, -0.05) is 30.3 Å². The molecule has 0 fully saturated rings. The van der Waals surface area contributed by atoms with Crippen molar-refractivity contribution in [2.45, 2.75) is 32.4 Å². The summed E-state index contributed by atoms with van der Waals surface area (Å²) >= 11 is 0. The largest absolute Gasteiger partial charge is 0.338 e. The number of nitrogens with two attached hydrogens (primary N) is 1. The summed E-state index contributed by atoms with van der Waals surface area (Å²) < 4.78 is 0. The second kappa shape index (κ2) is 8.02. The molecule has 0 aliphatic heterocycles. The van der Waals surface area contributed by atoms with E-state index in [1.807, 2.05) is 56.3 Å². The Bertz CT molecular complexity index is 405. The Hall–Kier alpha value is -1.39. The quantitative estimate of drug-likeness (QED) is 0.818.